The molecule has 2 aromatic rings. The number of aliphatic hydroxyl groups is 1. The van der Waals surface area contributed by atoms with E-state index >= 15 is 0 Å². The molecule has 1 N–H and O–H groups in total. The summed E-state index contributed by atoms with van der Waals surface area (Å²) in [5, 5.41) is 10.3. The molecule has 0 aromatic carbocycles. The standard InChI is InChI=1S/C12H15N3OS/c1-9(16)11-7-14-12(17-11)15(2)8-10-5-3-4-6-13-10/h3-7,9,16H,8H2,1-2H3. The maximum atomic E-state index is 9.45. The molecule has 1 atom stereocenters. The molecule has 0 fully saturated rings. The van der Waals surface area contributed by atoms with E-state index in [9.17, 15) is 5.11 Å². The van der Waals surface area contributed by atoms with Gasteiger partial charge in [0.2, 0.25) is 0 Å². The molecule has 0 aliphatic heterocycles. The molecule has 2 rings (SSSR count). The SMILES string of the molecule is CC(O)c1cnc(N(C)Cc2ccccn2)s1. The Balaban J connectivity index is 2.07. The Labute approximate surface area is 105 Å². The van der Waals surface area contributed by atoms with Crippen LogP contribution in [0.2, 0.25) is 0 Å². The first kappa shape index (κ1) is 12.0. The molecule has 2 aromatic heterocycles. The highest BCUT2D eigenvalue weighted by atomic mass is 32.1. The van der Waals surface area contributed by atoms with Gasteiger partial charge in [-0.05, 0) is 19.1 Å². The van der Waals surface area contributed by atoms with E-state index in [4.69, 9.17) is 0 Å². The van der Waals surface area contributed by atoms with E-state index < -0.39 is 6.10 Å². The van der Waals surface area contributed by atoms with Gasteiger partial charge in [-0.1, -0.05) is 17.4 Å². The number of rotatable bonds is 4. The van der Waals surface area contributed by atoms with Gasteiger partial charge in [0, 0.05) is 19.4 Å². The summed E-state index contributed by atoms with van der Waals surface area (Å²) < 4.78 is 0. The lowest BCUT2D eigenvalue weighted by Crippen LogP contribution is -2.16. The fourth-order valence-electron chi connectivity index (χ4n) is 1.45. The number of anilines is 1. The van der Waals surface area contributed by atoms with Gasteiger partial charge in [-0.2, -0.15) is 0 Å². The van der Waals surface area contributed by atoms with E-state index in [0.717, 1.165) is 15.7 Å². The Morgan fingerprint density at radius 1 is 1.41 bits per heavy atom. The minimum Gasteiger partial charge on any atom is -0.388 e. The lowest BCUT2D eigenvalue weighted by atomic mass is 10.3. The first-order chi connectivity index (χ1) is 8.16. The molecule has 0 saturated carbocycles. The maximum Gasteiger partial charge on any atom is 0.185 e. The van der Waals surface area contributed by atoms with Crippen LogP contribution in [0, 0.1) is 0 Å². The van der Waals surface area contributed by atoms with Gasteiger partial charge in [-0.15, -0.1) is 0 Å². The number of thiazole rings is 1. The average molecular weight is 249 g/mol. The second-order valence-corrected chi connectivity index (χ2v) is 4.94. The molecule has 0 spiro atoms. The van der Waals surface area contributed by atoms with Crippen LogP contribution in [0.4, 0.5) is 5.13 Å². The second kappa shape index (κ2) is 5.25. The molecule has 0 amide bonds. The predicted octanol–water partition coefficient (Wildman–Crippen LogP) is 2.23. The number of hydrogen-bond donors (Lipinski definition) is 1. The zero-order chi connectivity index (χ0) is 12.3. The van der Waals surface area contributed by atoms with Crippen molar-refractivity contribution in [2.45, 2.75) is 19.6 Å². The summed E-state index contributed by atoms with van der Waals surface area (Å²) in [5.41, 5.74) is 1.00. The third-order valence-corrected chi connectivity index (χ3v) is 3.66. The molecule has 0 aliphatic carbocycles. The van der Waals surface area contributed by atoms with Crippen molar-refractivity contribution < 1.29 is 5.11 Å². The summed E-state index contributed by atoms with van der Waals surface area (Å²) >= 11 is 1.51. The molecule has 0 bridgehead atoms. The number of nitrogens with zero attached hydrogens (tertiary/aromatic N) is 3. The van der Waals surface area contributed by atoms with Crippen LogP contribution in [-0.2, 0) is 6.54 Å². The van der Waals surface area contributed by atoms with Gasteiger partial charge >= 0.3 is 0 Å². The van der Waals surface area contributed by atoms with E-state index in [2.05, 4.69) is 9.97 Å². The van der Waals surface area contributed by atoms with Crippen LogP contribution in [-0.4, -0.2) is 22.1 Å². The van der Waals surface area contributed by atoms with E-state index in [0.29, 0.717) is 6.54 Å². The Morgan fingerprint density at radius 2 is 2.24 bits per heavy atom. The van der Waals surface area contributed by atoms with Crippen molar-refractivity contribution >= 4 is 16.5 Å². The topological polar surface area (TPSA) is 49.3 Å². The lowest BCUT2D eigenvalue weighted by Gasteiger charge is -2.14. The molecule has 17 heavy (non-hydrogen) atoms. The molecule has 2 heterocycles. The molecule has 0 saturated heterocycles. The number of hydrogen-bond acceptors (Lipinski definition) is 5. The average Bonchev–Trinajstić information content (AvgIpc) is 2.79. The van der Waals surface area contributed by atoms with Crippen molar-refractivity contribution in [1.82, 2.24) is 9.97 Å². The maximum absolute atomic E-state index is 9.45. The fourth-order valence-corrected chi connectivity index (χ4v) is 2.26. The predicted molar refractivity (Wildman–Crippen MR) is 69.1 cm³/mol. The highest BCUT2D eigenvalue weighted by molar-refractivity contribution is 7.15. The van der Waals surface area contributed by atoms with E-state index in [1.165, 1.54) is 11.3 Å². The fraction of sp³-hybridized carbons (Fsp3) is 0.333. The van der Waals surface area contributed by atoms with Crippen molar-refractivity contribution in [3.8, 4) is 0 Å². The number of pyridine rings is 1. The molecule has 0 aliphatic rings. The van der Waals surface area contributed by atoms with Gasteiger partial charge in [0.25, 0.3) is 0 Å². The molecular formula is C12H15N3OS. The van der Waals surface area contributed by atoms with Crippen LogP contribution in [0.25, 0.3) is 0 Å². The van der Waals surface area contributed by atoms with Gasteiger partial charge in [0.05, 0.1) is 23.2 Å². The van der Waals surface area contributed by atoms with Crippen molar-refractivity contribution in [2.24, 2.45) is 0 Å². The van der Waals surface area contributed by atoms with Gasteiger partial charge in [-0.25, -0.2) is 4.98 Å². The van der Waals surface area contributed by atoms with Crippen molar-refractivity contribution in [2.75, 3.05) is 11.9 Å². The third kappa shape index (κ3) is 3.01. The molecule has 0 radical (unpaired) electrons. The van der Waals surface area contributed by atoms with E-state index in [1.54, 1.807) is 19.3 Å². The summed E-state index contributed by atoms with van der Waals surface area (Å²) in [6.07, 6.45) is 3.05. The Morgan fingerprint density at radius 3 is 2.82 bits per heavy atom. The molecule has 1 unspecified atom stereocenters. The van der Waals surface area contributed by atoms with Crippen molar-refractivity contribution in [3.05, 3.63) is 41.2 Å². The summed E-state index contributed by atoms with van der Waals surface area (Å²) in [6, 6.07) is 5.86. The smallest absolute Gasteiger partial charge is 0.185 e. The zero-order valence-electron chi connectivity index (χ0n) is 9.87. The number of aliphatic hydroxyl groups excluding tert-OH is 1. The van der Waals surface area contributed by atoms with Crippen LogP contribution in [0.1, 0.15) is 23.6 Å². The minimum absolute atomic E-state index is 0.454. The Kier molecular flexibility index (Phi) is 3.71. The van der Waals surface area contributed by atoms with Gasteiger partial charge in [-0.3, -0.25) is 4.98 Å². The normalized spacial score (nSPS) is 12.4. The lowest BCUT2D eigenvalue weighted by molar-refractivity contribution is 0.203. The van der Waals surface area contributed by atoms with Crippen LogP contribution in [0.15, 0.2) is 30.6 Å². The minimum atomic E-state index is -0.454. The van der Waals surface area contributed by atoms with Gasteiger partial charge < -0.3 is 10.0 Å². The highest BCUT2D eigenvalue weighted by Gasteiger charge is 2.10. The monoisotopic (exact) mass is 249 g/mol. The van der Waals surface area contributed by atoms with E-state index in [1.807, 2.05) is 30.1 Å². The van der Waals surface area contributed by atoms with Crippen LogP contribution in [0.5, 0.6) is 0 Å². The summed E-state index contributed by atoms with van der Waals surface area (Å²) in [6.45, 7) is 2.46. The van der Waals surface area contributed by atoms with Gasteiger partial charge in [0.1, 0.15) is 0 Å². The highest BCUT2D eigenvalue weighted by Crippen LogP contribution is 2.26. The van der Waals surface area contributed by atoms with Crippen LogP contribution < -0.4 is 4.90 Å². The molecule has 90 valence electrons. The summed E-state index contributed by atoms with van der Waals surface area (Å²) in [7, 11) is 1.97. The molecule has 4 nitrogen and oxygen atoms in total. The first-order valence-corrected chi connectivity index (χ1v) is 6.23. The molecular weight excluding hydrogens is 234 g/mol. The summed E-state index contributed by atoms with van der Waals surface area (Å²) in [5.74, 6) is 0. The van der Waals surface area contributed by atoms with Crippen molar-refractivity contribution in [3.63, 3.8) is 0 Å². The quantitative estimate of drug-likeness (QED) is 0.902. The van der Waals surface area contributed by atoms with E-state index in [-0.39, 0.29) is 0 Å². The Bertz CT molecular complexity index is 470. The largest absolute Gasteiger partial charge is 0.388 e. The van der Waals surface area contributed by atoms with Crippen LogP contribution in [0.3, 0.4) is 0 Å². The zero-order valence-corrected chi connectivity index (χ0v) is 10.7. The Hall–Kier alpha value is -1.46. The van der Waals surface area contributed by atoms with Crippen molar-refractivity contribution in [1.29, 1.82) is 0 Å². The van der Waals surface area contributed by atoms with Crippen LogP contribution >= 0.6 is 11.3 Å². The van der Waals surface area contributed by atoms with Gasteiger partial charge in [0.15, 0.2) is 5.13 Å². The second-order valence-electron chi connectivity index (χ2n) is 3.90. The summed E-state index contributed by atoms with van der Waals surface area (Å²) in [4.78, 5) is 11.5. The first-order valence-electron chi connectivity index (χ1n) is 5.41. The third-order valence-electron chi connectivity index (χ3n) is 2.37. The molecule has 5 heteroatoms. The number of aromatic nitrogens is 2.